The molecular weight excluding hydrogens is 307 g/mol. The highest BCUT2D eigenvalue weighted by Crippen LogP contribution is 2.23. The number of nitrogens with one attached hydrogen (secondary N) is 2. The highest BCUT2D eigenvalue weighted by Gasteiger charge is 2.19. The molecule has 1 fully saturated rings. The normalized spacial score (nSPS) is 23.5. The molecule has 2 nitrogen and oxygen atoms in total. The molecule has 0 atom stereocenters. The second kappa shape index (κ2) is 7.36. The van der Waals surface area contributed by atoms with Gasteiger partial charge in [0.2, 0.25) is 0 Å². The van der Waals surface area contributed by atoms with Gasteiger partial charge in [-0.05, 0) is 63.4 Å². The van der Waals surface area contributed by atoms with E-state index < -0.39 is 0 Å². The molecule has 0 spiro atoms. The van der Waals surface area contributed by atoms with Crippen LogP contribution < -0.4 is 10.6 Å². The lowest BCUT2D eigenvalue weighted by atomic mass is 9.86. The van der Waals surface area contributed by atoms with Crippen molar-refractivity contribution >= 4 is 15.9 Å². The van der Waals surface area contributed by atoms with Crippen LogP contribution in [0.1, 0.15) is 31.2 Å². The highest BCUT2D eigenvalue weighted by molar-refractivity contribution is 9.10. The number of halogens is 2. The molecule has 0 amide bonds. The lowest BCUT2D eigenvalue weighted by molar-refractivity contribution is 0.292. The summed E-state index contributed by atoms with van der Waals surface area (Å²) in [5.74, 6) is 0.606. The fourth-order valence-electron chi connectivity index (χ4n) is 2.74. The van der Waals surface area contributed by atoms with Gasteiger partial charge in [0.25, 0.3) is 0 Å². The van der Waals surface area contributed by atoms with Gasteiger partial charge in [-0.1, -0.05) is 15.9 Å². The summed E-state index contributed by atoms with van der Waals surface area (Å²) in [6.45, 7) is 1.60. The van der Waals surface area contributed by atoms with Gasteiger partial charge >= 0.3 is 0 Å². The molecule has 0 radical (unpaired) electrons. The second-order valence-corrected chi connectivity index (χ2v) is 6.29. The van der Waals surface area contributed by atoms with Crippen molar-refractivity contribution in [2.45, 2.75) is 38.3 Å². The molecule has 0 unspecified atom stereocenters. The first-order valence-electron chi connectivity index (χ1n) is 7.01. The molecule has 1 aromatic rings. The Morgan fingerprint density at radius 2 is 2.00 bits per heavy atom. The molecule has 1 aliphatic carbocycles. The molecule has 1 saturated carbocycles. The summed E-state index contributed by atoms with van der Waals surface area (Å²) >= 11 is 3.38. The molecule has 0 bridgehead atoms. The van der Waals surface area contributed by atoms with E-state index in [-0.39, 0.29) is 5.82 Å². The van der Waals surface area contributed by atoms with Gasteiger partial charge in [-0.15, -0.1) is 0 Å². The summed E-state index contributed by atoms with van der Waals surface area (Å²) in [7, 11) is 2.04. The zero-order valence-electron chi connectivity index (χ0n) is 11.4. The van der Waals surface area contributed by atoms with Crippen LogP contribution in [0.3, 0.4) is 0 Å². The van der Waals surface area contributed by atoms with Crippen LogP contribution in [-0.4, -0.2) is 19.6 Å². The lowest BCUT2D eigenvalue weighted by Gasteiger charge is -2.28. The Bertz CT molecular complexity index is 403. The van der Waals surface area contributed by atoms with Gasteiger partial charge in [0.05, 0.1) is 0 Å². The maximum Gasteiger partial charge on any atom is 0.127 e. The summed E-state index contributed by atoms with van der Waals surface area (Å²) in [5.41, 5.74) is 0.735. The topological polar surface area (TPSA) is 24.1 Å². The first kappa shape index (κ1) is 14.9. The quantitative estimate of drug-likeness (QED) is 0.865. The minimum atomic E-state index is -0.130. The predicted octanol–water partition coefficient (Wildman–Crippen LogP) is 3.46. The van der Waals surface area contributed by atoms with Crippen molar-refractivity contribution in [2.75, 3.05) is 13.6 Å². The first-order chi connectivity index (χ1) is 9.19. The van der Waals surface area contributed by atoms with Gasteiger partial charge in [-0.2, -0.15) is 0 Å². The Morgan fingerprint density at radius 3 is 2.68 bits per heavy atom. The lowest BCUT2D eigenvalue weighted by Crippen LogP contribution is -2.33. The van der Waals surface area contributed by atoms with Crippen LogP contribution in [0.25, 0.3) is 0 Å². The third kappa shape index (κ3) is 4.55. The Kier molecular flexibility index (Phi) is 5.79. The van der Waals surface area contributed by atoms with E-state index in [1.807, 2.05) is 13.1 Å². The van der Waals surface area contributed by atoms with E-state index in [4.69, 9.17) is 0 Å². The van der Waals surface area contributed by atoms with Crippen LogP contribution >= 0.6 is 15.9 Å². The van der Waals surface area contributed by atoms with Crippen molar-refractivity contribution in [1.29, 1.82) is 0 Å². The van der Waals surface area contributed by atoms with Crippen LogP contribution in [0.15, 0.2) is 22.7 Å². The molecule has 0 saturated heterocycles. The average molecular weight is 329 g/mol. The molecule has 0 aromatic heterocycles. The van der Waals surface area contributed by atoms with Crippen molar-refractivity contribution in [3.63, 3.8) is 0 Å². The second-order valence-electron chi connectivity index (χ2n) is 5.37. The zero-order valence-corrected chi connectivity index (χ0v) is 13.0. The van der Waals surface area contributed by atoms with E-state index in [1.165, 1.54) is 31.7 Å². The predicted molar refractivity (Wildman–Crippen MR) is 80.6 cm³/mol. The molecule has 0 heterocycles. The molecular formula is C15H22BrFN2. The largest absolute Gasteiger partial charge is 0.317 e. The third-order valence-corrected chi connectivity index (χ3v) is 4.50. The molecule has 106 valence electrons. The van der Waals surface area contributed by atoms with E-state index in [0.29, 0.717) is 12.6 Å². The van der Waals surface area contributed by atoms with Gasteiger partial charge in [0, 0.05) is 22.6 Å². The van der Waals surface area contributed by atoms with Crippen LogP contribution in [0.2, 0.25) is 0 Å². The van der Waals surface area contributed by atoms with E-state index in [1.54, 1.807) is 6.07 Å². The van der Waals surface area contributed by atoms with Gasteiger partial charge in [-0.25, -0.2) is 4.39 Å². The Labute approximate surface area is 123 Å². The first-order valence-corrected chi connectivity index (χ1v) is 7.80. The Balaban J connectivity index is 1.73. The van der Waals surface area contributed by atoms with Crippen molar-refractivity contribution in [3.05, 3.63) is 34.1 Å². The summed E-state index contributed by atoms with van der Waals surface area (Å²) in [6, 6.07) is 5.79. The third-order valence-electron chi connectivity index (χ3n) is 4.01. The molecule has 4 heteroatoms. The smallest absolute Gasteiger partial charge is 0.127 e. The SMILES string of the molecule is CNC1CCC(CNCc2cc(Br)ccc2F)CC1. The number of benzene rings is 1. The van der Waals surface area contributed by atoms with E-state index in [9.17, 15) is 4.39 Å². The minimum absolute atomic E-state index is 0.130. The van der Waals surface area contributed by atoms with Crippen molar-refractivity contribution in [3.8, 4) is 0 Å². The summed E-state index contributed by atoms with van der Waals surface area (Å²) in [6.07, 6.45) is 5.04. The van der Waals surface area contributed by atoms with Crippen molar-refractivity contribution < 1.29 is 4.39 Å². The highest BCUT2D eigenvalue weighted by atomic mass is 79.9. The van der Waals surface area contributed by atoms with Crippen LogP contribution in [0, 0.1) is 11.7 Å². The fraction of sp³-hybridized carbons (Fsp3) is 0.600. The maximum absolute atomic E-state index is 13.6. The number of hydrogen-bond acceptors (Lipinski definition) is 2. The van der Waals surface area contributed by atoms with E-state index in [2.05, 4.69) is 26.6 Å². The van der Waals surface area contributed by atoms with Crippen LogP contribution in [0.4, 0.5) is 4.39 Å². The summed E-state index contributed by atoms with van der Waals surface area (Å²) in [5, 5.41) is 6.74. The fourth-order valence-corrected chi connectivity index (χ4v) is 3.15. The molecule has 2 N–H and O–H groups in total. The van der Waals surface area contributed by atoms with Crippen molar-refractivity contribution in [1.82, 2.24) is 10.6 Å². The Morgan fingerprint density at radius 1 is 1.26 bits per heavy atom. The van der Waals surface area contributed by atoms with Gasteiger partial charge in [-0.3, -0.25) is 0 Å². The van der Waals surface area contributed by atoms with Gasteiger partial charge in [0.1, 0.15) is 5.82 Å². The van der Waals surface area contributed by atoms with Crippen LogP contribution in [0.5, 0.6) is 0 Å². The molecule has 1 aliphatic rings. The average Bonchev–Trinajstić information content (AvgIpc) is 2.43. The maximum atomic E-state index is 13.6. The monoisotopic (exact) mass is 328 g/mol. The number of rotatable bonds is 5. The van der Waals surface area contributed by atoms with Crippen LogP contribution in [-0.2, 0) is 6.54 Å². The Hall–Kier alpha value is -0.450. The van der Waals surface area contributed by atoms with Gasteiger partial charge < -0.3 is 10.6 Å². The molecule has 0 aliphatic heterocycles. The van der Waals surface area contributed by atoms with E-state index in [0.717, 1.165) is 22.5 Å². The summed E-state index contributed by atoms with van der Waals surface area (Å²) < 4.78 is 14.5. The molecule has 19 heavy (non-hydrogen) atoms. The van der Waals surface area contributed by atoms with Gasteiger partial charge in [0.15, 0.2) is 0 Å². The molecule has 1 aromatic carbocycles. The molecule has 2 rings (SSSR count). The van der Waals surface area contributed by atoms with Crippen molar-refractivity contribution in [2.24, 2.45) is 5.92 Å². The number of hydrogen-bond donors (Lipinski definition) is 2. The minimum Gasteiger partial charge on any atom is -0.317 e. The zero-order chi connectivity index (χ0) is 13.7. The summed E-state index contributed by atoms with van der Waals surface area (Å²) in [4.78, 5) is 0. The van der Waals surface area contributed by atoms with E-state index >= 15 is 0 Å². The standard InChI is InChI=1S/C15H22BrFN2/c1-18-14-5-2-11(3-6-14)9-19-10-12-8-13(16)4-7-15(12)17/h4,7-8,11,14,18-19H,2-3,5-6,9-10H2,1H3.